The predicted octanol–water partition coefficient (Wildman–Crippen LogP) is 0.708. The number of benzene rings is 1. The van der Waals surface area contributed by atoms with Crippen LogP contribution in [-0.2, 0) is 19.6 Å². The molecule has 116 valence electrons. The number of carbonyl (C=O) groups excluding carboxylic acids is 1. The second-order valence-corrected chi connectivity index (χ2v) is 5.89. The molecule has 0 unspecified atom stereocenters. The molecule has 0 aromatic heterocycles. The Bertz CT molecular complexity index is 658. The summed E-state index contributed by atoms with van der Waals surface area (Å²) in [7, 11) is -3.01. The summed E-state index contributed by atoms with van der Waals surface area (Å²) in [6.45, 7) is 0.953. The summed E-state index contributed by atoms with van der Waals surface area (Å²) < 4.78 is 43.1. The Morgan fingerprint density at radius 3 is 2.48 bits per heavy atom. The molecule has 0 bridgehead atoms. The first-order chi connectivity index (χ1) is 9.73. The second-order valence-electron chi connectivity index (χ2n) is 3.95. The molecule has 0 aliphatic carbocycles. The molecule has 0 atom stereocenters. The van der Waals surface area contributed by atoms with E-state index in [0.29, 0.717) is 6.07 Å². The van der Waals surface area contributed by atoms with Gasteiger partial charge in [0, 0.05) is 6.54 Å². The van der Waals surface area contributed by atoms with Crippen molar-refractivity contribution >= 4 is 22.0 Å². The van der Waals surface area contributed by atoms with Crippen molar-refractivity contribution in [1.29, 1.82) is 0 Å². The van der Waals surface area contributed by atoms with E-state index in [1.807, 2.05) is 0 Å². The van der Waals surface area contributed by atoms with Crippen molar-refractivity contribution in [2.24, 2.45) is 0 Å². The quantitative estimate of drug-likeness (QED) is 0.775. The number of esters is 1. The summed E-state index contributed by atoms with van der Waals surface area (Å²) >= 11 is 0. The number of aromatic carboxylic acids is 1. The van der Waals surface area contributed by atoms with Crippen molar-refractivity contribution in [2.45, 2.75) is 11.8 Å². The first kappa shape index (κ1) is 17.1. The Balaban J connectivity index is 3.26. The molecule has 9 heteroatoms. The molecule has 0 radical (unpaired) electrons. The summed E-state index contributed by atoms with van der Waals surface area (Å²) in [4.78, 5) is 21.6. The predicted molar refractivity (Wildman–Crippen MR) is 69.8 cm³/mol. The van der Waals surface area contributed by atoms with Gasteiger partial charge in [-0.05, 0) is 18.2 Å². The van der Waals surface area contributed by atoms with Crippen molar-refractivity contribution in [3.8, 4) is 0 Å². The van der Waals surface area contributed by atoms with Gasteiger partial charge >= 0.3 is 11.9 Å². The highest BCUT2D eigenvalue weighted by Gasteiger charge is 2.27. The lowest BCUT2D eigenvalue weighted by Gasteiger charge is -2.19. The van der Waals surface area contributed by atoms with Crippen molar-refractivity contribution in [3.05, 3.63) is 29.6 Å². The largest absolute Gasteiger partial charge is 0.478 e. The maximum atomic E-state index is 13.3. The highest BCUT2D eigenvalue weighted by atomic mass is 32.2. The number of carbonyl (C=O) groups is 2. The molecular weight excluding hydrogens is 305 g/mol. The molecule has 1 rings (SSSR count). The summed E-state index contributed by atoms with van der Waals surface area (Å²) in [6.07, 6.45) is 0. The van der Waals surface area contributed by atoms with Crippen LogP contribution in [0, 0.1) is 5.82 Å². The van der Waals surface area contributed by atoms with Crippen LogP contribution in [0.4, 0.5) is 4.39 Å². The van der Waals surface area contributed by atoms with Crippen molar-refractivity contribution in [1.82, 2.24) is 4.31 Å². The number of sulfonamides is 1. The maximum Gasteiger partial charge on any atom is 0.338 e. The smallest absolute Gasteiger partial charge is 0.338 e. The zero-order valence-corrected chi connectivity index (χ0v) is 12.2. The molecular formula is C12H14FNO6S. The van der Waals surface area contributed by atoms with Crippen LogP contribution in [0.2, 0.25) is 0 Å². The number of carboxylic acids is 1. The first-order valence-electron chi connectivity index (χ1n) is 5.83. The molecule has 0 aliphatic heterocycles. The maximum absolute atomic E-state index is 13.3. The molecule has 1 aromatic rings. The van der Waals surface area contributed by atoms with Crippen LogP contribution in [0.1, 0.15) is 17.3 Å². The second kappa shape index (κ2) is 6.64. The lowest BCUT2D eigenvalue weighted by atomic mass is 10.2. The van der Waals surface area contributed by atoms with Gasteiger partial charge in [0.05, 0.1) is 17.6 Å². The number of hydrogen-bond donors (Lipinski definition) is 1. The standard InChI is InChI=1S/C12H14FNO6S/c1-3-14(7-11(15)20-2)21(18,19)8-4-5-10(13)9(6-8)12(16)17/h4-6H,3,7H2,1-2H3,(H,16,17). The van der Waals surface area contributed by atoms with Crippen LogP contribution >= 0.6 is 0 Å². The number of rotatable bonds is 6. The van der Waals surface area contributed by atoms with E-state index in [1.54, 1.807) is 0 Å². The molecule has 7 nitrogen and oxygen atoms in total. The Kier molecular flexibility index (Phi) is 5.39. The van der Waals surface area contributed by atoms with E-state index in [4.69, 9.17) is 5.11 Å². The van der Waals surface area contributed by atoms with Crippen LogP contribution in [0.3, 0.4) is 0 Å². The van der Waals surface area contributed by atoms with Gasteiger partial charge in [-0.2, -0.15) is 4.31 Å². The highest BCUT2D eigenvalue weighted by molar-refractivity contribution is 7.89. The van der Waals surface area contributed by atoms with Gasteiger partial charge in [0.1, 0.15) is 12.4 Å². The zero-order chi connectivity index (χ0) is 16.2. The average Bonchev–Trinajstić information content (AvgIpc) is 2.43. The molecule has 0 amide bonds. The lowest BCUT2D eigenvalue weighted by Crippen LogP contribution is -2.36. The molecule has 1 aromatic carbocycles. The van der Waals surface area contributed by atoms with Crippen LogP contribution in [0.5, 0.6) is 0 Å². The number of carboxylic acid groups (broad SMARTS) is 1. The Morgan fingerprint density at radius 2 is 2.00 bits per heavy atom. The summed E-state index contributed by atoms with van der Waals surface area (Å²) in [5.74, 6) is -3.39. The van der Waals surface area contributed by atoms with Gasteiger partial charge in [-0.15, -0.1) is 0 Å². The first-order valence-corrected chi connectivity index (χ1v) is 7.27. The molecule has 0 aliphatic rings. The molecule has 0 fully saturated rings. The van der Waals surface area contributed by atoms with Crippen molar-refractivity contribution in [3.63, 3.8) is 0 Å². The van der Waals surface area contributed by atoms with E-state index in [1.165, 1.54) is 6.92 Å². The zero-order valence-electron chi connectivity index (χ0n) is 11.4. The van der Waals surface area contributed by atoms with E-state index >= 15 is 0 Å². The number of hydrogen-bond acceptors (Lipinski definition) is 5. The van der Waals surface area contributed by atoms with Crippen LogP contribution in [0.15, 0.2) is 23.1 Å². The number of likely N-dealkylation sites (N-methyl/N-ethyl adjacent to an activating group) is 1. The number of ether oxygens (including phenoxy) is 1. The minimum Gasteiger partial charge on any atom is -0.478 e. The van der Waals surface area contributed by atoms with E-state index in [2.05, 4.69) is 4.74 Å². The average molecular weight is 319 g/mol. The SMILES string of the molecule is CCN(CC(=O)OC)S(=O)(=O)c1ccc(F)c(C(=O)O)c1. The van der Waals surface area contributed by atoms with Gasteiger partial charge in [-0.25, -0.2) is 17.6 Å². The van der Waals surface area contributed by atoms with E-state index in [-0.39, 0.29) is 6.54 Å². The summed E-state index contributed by atoms with van der Waals surface area (Å²) in [5, 5.41) is 8.81. The van der Waals surface area contributed by atoms with Crippen LogP contribution < -0.4 is 0 Å². The fraction of sp³-hybridized carbons (Fsp3) is 0.333. The number of nitrogens with zero attached hydrogens (tertiary/aromatic N) is 1. The van der Waals surface area contributed by atoms with Crippen molar-refractivity contribution < 1.29 is 32.2 Å². The molecule has 21 heavy (non-hydrogen) atoms. The monoisotopic (exact) mass is 319 g/mol. The summed E-state index contributed by atoms with van der Waals surface area (Å²) in [5.41, 5.74) is -0.759. The van der Waals surface area contributed by atoms with Crippen molar-refractivity contribution in [2.75, 3.05) is 20.2 Å². The minimum atomic E-state index is -4.13. The fourth-order valence-corrected chi connectivity index (χ4v) is 2.97. The minimum absolute atomic E-state index is 0.0305. The topological polar surface area (TPSA) is 101 Å². The molecule has 0 spiro atoms. The van der Waals surface area contributed by atoms with E-state index < -0.39 is 44.8 Å². The third-order valence-electron chi connectivity index (χ3n) is 2.69. The van der Waals surface area contributed by atoms with Crippen LogP contribution in [0.25, 0.3) is 0 Å². The van der Waals surface area contributed by atoms with Gasteiger partial charge in [-0.1, -0.05) is 6.92 Å². The lowest BCUT2D eigenvalue weighted by molar-refractivity contribution is -0.140. The normalized spacial score (nSPS) is 11.4. The van der Waals surface area contributed by atoms with Gasteiger partial charge in [0.2, 0.25) is 10.0 Å². The summed E-state index contributed by atoms with van der Waals surface area (Å²) in [6, 6.07) is 2.41. The highest BCUT2D eigenvalue weighted by Crippen LogP contribution is 2.19. The Morgan fingerprint density at radius 1 is 1.38 bits per heavy atom. The third kappa shape index (κ3) is 3.76. The number of halogens is 1. The van der Waals surface area contributed by atoms with E-state index in [0.717, 1.165) is 23.5 Å². The van der Waals surface area contributed by atoms with Gasteiger partial charge in [0.15, 0.2) is 0 Å². The Labute approximate surface area is 121 Å². The Hall–Kier alpha value is -2.00. The third-order valence-corrected chi connectivity index (χ3v) is 4.61. The van der Waals surface area contributed by atoms with Gasteiger partial charge < -0.3 is 9.84 Å². The van der Waals surface area contributed by atoms with Gasteiger partial charge in [-0.3, -0.25) is 4.79 Å². The fourth-order valence-electron chi connectivity index (χ4n) is 1.55. The molecule has 0 saturated carbocycles. The number of methoxy groups -OCH3 is 1. The molecule has 0 heterocycles. The molecule has 1 N–H and O–H groups in total. The van der Waals surface area contributed by atoms with Crippen LogP contribution in [-0.4, -0.2) is 50.0 Å². The van der Waals surface area contributed by atoms with E-state index in [9.17, 15) is 22.4 Å². The molecule has 0 saturated heterocycles. The van der Waals surface area contributed by atoms with Gasteiger partial charge in [0.25, 0.3) is 0 Å².